The highest BCUT2D eigenvalue weighted by molar-refractivity contribution is 6.12. The second-order valence-electron chi connectivity index (χ2n) is 8.36. The summed E-state index contributed by atoms with van der Waals surface area (Å²) in [5.74, 6) is 0.363. The van der Waals surface area contributed by atoms with Crippen molar-refractivity contribution in [2.45, 2.75) is 13.8 Å². The van der Waals surface area contributed by atoms with E-state index in [0.29, 0.717) is 24.7 Å². The molecule has 1 heterocycles. The Bertz CT molecular complexity index is 1450. The maximum Gasteiger partial charge on any atom is 0.330 e. The molecule has 1 aliphatic rings. The van der Waals surface area contributed by atoms with Crippen LogP contribution in [0.1, 0.15) is 25.0 Å². The van der Waals surface area contributed by atoms with Crippen LogP contribution < -0.4 is 9.47 Å². The van der Waals surface area contributed by atoms with Crippen LogP contribution in [0.2, 0.25) is 0 Å². The summed E-state index contributed by atoms with van der Waals surface area (Å²) in [6.45, 7) is 4.08. The predicted molar refractivity (Wildman–Crippen MR) is 144 cm³/mol. The van der Waals surface area contributed by atoms with Crippen molar-refractivity contribution in [3.8, 4) is 22.6 Å². The third-order valence-electron chi connectivity index (χ3n) is 6.09. The number of fused-ring (bicyclic) bond motifs is 7. The van der Waals surface area contributed by atoms with E-state index in [9.17, 15) is 9.59 Å². The highest BCUT2D eigenvalue weighted by atomic mass is 16.7. The summed E-state index contributed by atoms with van der Waals surface area (Å²) in [7, 11) is 0. The van der Waals surface area contributed by atoms with Gasteiger partial charge >= 0.3 is 11.9 Å². The van der Waals surface area contributed by atoms with Crippen LogP contribution >= 0.6 is 0 Å². The van der Waals surface area contributed by atoms with E-state index in [-0.39, 0.29) is 6.79 Å². The monoisotopic (exact) mass is 494 g/mol. The zero-order valence-corrected chi connectivity index (χ0v) is 20.7. The minimum Gasteiger partial charge on any atom is -0.463 e. The van der Waals surface area contributed by atoms with E-state index in [4.69, 9.17) is 18.9 Å². The molecule has 0 N–H and O–H groups in total. The van der Waals surface area contributed by atoms with Crippen molar-refractivity contribution in [2.75, 3.05) is 20.0 Å². The van der Waals surface area contributed by atoms with Crippen LogP contribution in [0.5, 0.6) is 11.5 Å². The Morgan fingerprint density at radius 1 is 0.730 bits per heavy atom. The quantitative estimate of drug-likeness (QED) is 0.224. The smallest absolute Gasteiger partial charge is 0.330 e. The molecule has 0 fully saturated rings. The first kappa shape index (κ1) is 24.1. The highest BCUT2D eigenvalue weighted by Crippen LogP contribution is 2.50. The Hall–Kier alpha value is -4.58. The Morgan fingerprint density at radius 3 is 1.59 bits per heavy atom. The zero-order chi connectivity index (χ0) is 25.8. The van der Waals surface area contributed by atoms with E-state index in [2.05, 4.69) is 0 Å². The largest absolute Gasteiger partial charge is 0.463 e. The van der Waals surface area contributed by atoms with Gasteiger partial charge in [0.25, 0.3) is 0 Å². The van der Waals surface area contributed by atoms with Crippen molar-refractivity contribution in [1.82, 2.24) is 0 Å². The molecule has 0 saturated heterocycles. The minimum atomic E-state index is -0.425. The minimum absolute atomic E-state index is 0.0445. The first-order valence-corrected chi connectivity index (χ1v) is 12.2. The fourth-order valence-corrected chi connectivity index (χ4v) is 4.60. The molecule has 1 aliphatic heterocycles. The third-order valence-corrected chi connectivity index (χ3v) is 6.09. The lowest BCUT2D eigenvalue weighted by Gasteiger charge is -2.17. The Kier molecular flexibility index (Phi) is 6.90. The van der Waals surface area contributed by atoms with Gasteiger partial charge in [-0.15, -0.1) is 0 Å². The average molecular weight is 495 g/mol. The van der Waals surface area contributed by atoms with Crippen LogP contribution in [0.25, 0.3) is 44.8 Å². The van der Waals surface area contributed by atoms with Gasteiger partial charge in [0.2, 0.25) is 6.79 Å². The second kappa shape index (κ2) is 10.6. The van der Waals surface area contributed by atoms with E-state index in [1.54, 1.807) is 26.0 Å². The number of hydrogen-bond acceptors (Lipinski definition) is 6. The van der Waals surface area contributed by atoms with Gasteiger partial charge in [0.05, 0.1) is 13.2 Å². The lowest BCUT2D eigenvalue weighted by molar-refractivity contribution is -0.138. The number of rotatable bonds is 6. The van der Waals surface area contributed by atoms with Gasteiger partial charge in [-0.05, 0) is 59.7 Å². The van der Waals surface area contributed by atoms with Crippen molar-refractivity contribution in [3.63, 3.8) is 0 Å². The Balaban J connectivity index is 1.82. The van der Waals surface area contributed by atoms with Crippen LogP contribution in [-0.2, 0) is 19.1 Å². The number of carbonyl (C=O) groups is 2. The predicted octanol–water partition coefficient (Wildman–Crippen LogP) is 6.54. The summed E-state index contributed by atoms with van der Waals surface area (Å²) >= 11 is 0. The fraction of sp³-hybridized carbons (Fsp3) is 0.161. The van der Waals surface area contributed by atoms with Gasteiger partial charge < -0.3 is 18.9 Å². The van der Waals surface area contributed by atoms with Crippen molar-refractivity contribution in [2.24, 2.45) is 0 Å². The maximum atomic E-state index is 12.1. The normalized spacial score (nSPS) is 12.6. The number of esters is 2. The maximum absolute atomic E-state index is 12.1. The highest BCUT2D eigenvalue weighted by Gasteiger charge is 2.26. The molecule has 186 valence electrons. The van der Waals surface area contributed by atoms with E-state index >= 15 is 0 Å². The number of carbonyl (C=O) groups excluding carboxylic acids is 2. The van der Waals surface area contributed by atoms with Crippen LogP contribution in [0.4, 0.5) is 0 Å². The molecule has 37 heavy (non-hydrogen) atoms. The third kappa shape index (κ3) is 4.78. The summed E-state index contributed by atoms with van der Waals surface area (Å²) in [6.07, 6.45) is 6.23. The molecule has 0 radical (unpaired) electrons. The first-order valence-electron chi connectivity index (χ1n) is 12.2. The van der Waals surface area contributed by atoms with Crippen LogP contribution in [0.15, 0.2) is 72.8 Å². The fourth-order valence-electron chi connectivity index (χ4n) is 4.60. The molecule has 0 atom stereocenters. The van der Waals surface area contributed by atoms with Gasteiger partial charge in [0.15, 0.2) is 0 Å². The van der Waals surface area contributed by atoms with E-state index in [1.807, 2.05) is 60.7 Å². The van der Waals surface area contributed by atoms with Gasteiger partial charge in [-0.2, -0.15) is 0 Å². The van der Waals surface area contributed by atoms with E-state index < -0.39 is 11.9 Å². The molecule has 0 bridgehead atoms. The number of ether oxygens (including phenoxy) is 4. The molecule has 5 rings (SSSR count). The topological polar surface area (TPSA) is 71.1 Å². The molecule has 4 aromatic carbocycles. The van der Waals surface area contributed by atoms with Crippen LogP contribution in [0, 0.1) is 0 Å². The summed E-state index contributed by atoms with van der Waals surface area (Å²) in [5.41, 5.74) is 3.18. The summed E-state index contributed by atoms with van der Waals surface area (Å²) in [4.78, 5) is 24.2. The van der Waals surface area contributed by atoms with Gasteiger partial charge in [-0.1, -0.05) is 48.5 Å². The molecular weight excluding hydrogens is 468 g/mol. The molecule has 0 aliphatic carbocycles. The molecule has 4 aromatic rings. The van der Waals surface area contributed by atoms with Crippen LogP contribution in [0.3, 0.4) is 0 Å². The molecule has 6 nitrogen and oxygen atoms in total. The Morgan fingerprint density at radius 2 is 1.16 bits per heavy atom. The lowest BCUT2D eigenvalue weighted by Crippen LogP contribution is -2.05. The standard InChI is InChI=1S/C31H26O6/c1-3-34-26(32)15-13-22-17-20-9-5-7-11-24(20)28-29-25-12-8-6-10-21(25)18-23(14-16-27(33)35-4-2)31(29)37-19-36-30(22)28/h5-18H,3-4,19H2,1-2H3/b15-13-,16-14-. The van der Waals surface area contributed by atoms with E-state index in [0.717, 1.165) is 43.8 Å². The van der Waals surface area contributed by atoms with Gasteiger partial charge in [-0.3, -0.25) is 0 Å². The first-order chi connectivity index (χ1) is 18.1. The zero-order valence-electron chi connectivity index (χ0n) is 20.7. The van der Waals surface area contributed by atoms with E-state index in [1.165, 1.54) is 12.2 Å². The SMILES string of the molecule is CCOC(=O)/C=C\c1cc2ccccc2c2c1OCOc1c(/C=C\C(=O)OCC)cc3ccccc3c1-2. The van der Waals surface area contributed by atoms with Crippen LogP contribution in [-0.4, -0.2) is 31.9 Å². The summed E-state index contributed by atoms with van der Waals surface area (Å²) < 4.78 is 22.5. The Labute approximate surface area is 214 Å². The second-order valence-corrected chi connectivity index (χ2v) is 8.36. The molecule has 0 saturated carbocycles. The number of hydrogen-bond donors (Lipinski definition) is 0. The van der Waals surface area contributed by atoms with Gasteiger partial charge in [0.1, 0.15) is 11.5 Å². The summed E-state index contributed by atoms with van der Waals surface area (Å²) in [6, 6.07) is 20.0. The van der Waals surface area contributed by atoms with Crippen molar-refractivity contribution in [3.05, 3.63) is 83.9 Å². The molecule has 6 heteroatoms. The number of benzene rings is 4. The van der Waals surface area contributed by atoms with Crippen molar-refractivity contribution >= 4 is 45.6 Å². The summed E-state index contributed by atoms with van der Waals surface area (Å²) in [5, 5.41) is 3.93. The van der Waals surface area contributed by atoms with Gasteiger partial charge in [0, 0.05) is 34.4 Å². The molecule has 0 unspecified atom stereocenters. The molecule has 0 spiro atoms. The van der Waals surface area contributed by atoms with Crippen molar-refractivity contribution in [1.29, 1.82) is 0 Å². The van der Waals surface area contributed by atoms with Gasteiger partial charge in [-0.25, -0.2) is 9.59 Å². The molecule has 0 aromatic heterocycles. The van der Waals surface area contributed by atoms with Crippen molar-refractivity contribution < 1.29 is 28.5 Å². The lowest BCUT2D eigenvalue weighted by atomic mass is 9.88. The molecule has 0 amide bonds. The molecular formula is C31H26O6. The average Bonchev–Trinajstić information content (AvgIpc) is 3.12.